The Kier molecular flexibility index (Phi) is 6.18. The molecule has 0 aliphatic heterocycles. The van der Waals surface area contributed by atoms with E-state index in [4.69, 9.17) is 0 Å². The summed E-state index contributed by atoms with van der Waals surface area (Å²) in [4.78, 5) is 21.5. The maximum absolute atomic E-state index is 11.2. The Balaban J connectivity index is 1.72. The van der Waals surface area contributed by atoms with Gasteiger partial charge in [0.25, 0.3) is 0 Å². The third-order valence-corrected chi connectivity index (χ3v) is 4.73. The van der Waals surface area contributed by atoms with Gasteiger partial charge in [0.2, 0.25) is 11.8 Å². The zero-order chi connectivity index (χ0) is 19.2. The van der Waals surface area contributed by atoms with Crippen molar-refractivity contribution in [3.05, 3.63) is 51.7 Å². The molecular formula is C19H26N6O2. The molecule has 8 heteroatoms. The van der Waals surface area contributed by atoms with Crippen LogP contribution in [0.5, 0.6) is 0 Å². The maximum atomic E-state index is 11.2. The number of nitro groups is 1. The predicted octanol–water partition coefficient (Wildman–Crippen LogP) is 3.41. The second kappa shape index (κ2) is 8.77. The number of anilines is 2. The Labute approximate surface area is 159 Å². The summed E-state index contributed by atoms with van der Waals surface area (Å²) in [5, 5.41) is 17.5. The topological polar surface area (TPSA) is 96.2 Å². The average Bonchev–Trinajstić information content (AvgIpc) is 3.49. The van der Waals surface area contributed by atoms with Gasteiger partial charge in [0.05, 0.1) is 4.92 Å². The summed E-state index contributed by atoms with van der Waals surface area (Å²) in [5.41, 5.74) is 2.34. The van der Waals surface area contributed by atoms with Crippen LogP contribution in [0.4, 0.5) is 17.5 Å². The van der Waals surface area contributed by atoms with Gasteiger partial charge < -0.3 is 10.6 Å². The highest BCUT2D eigenvalue weighted by Crippen LogP contribution is 2.29. The van der Waals surface area contributed by atoms with Crippen LogP contribution in [0.25, 0.3) is 0 Å². The standard InChI is InChI=1S/C19H26N6O2/c1-3-24(4-2)13-15-8-6-5-7-14(15)11-20-19-21-12-17(25(26)27)18(23-19)22-16-9-10-16/h5-8,12,16H,3-4,9-11,13H2,1-2H3,(H2,20,21,22,23). The summed E-state index contributed by atoms with van der Waals surface area (Å²) in [5.74, 6) is 0.679. The lowest BCUT2D eigenvalue weighted by atomic mass is 10.1. The van der Waals surface area contributed by atoms with Crippen LogP contribution >= 0.6 is 0 Å². The molecule has 0 amide bonds. The van der Waals surface area contributed by atoms with Crippen molar-refractivity contribution in [1.29, 1.82) is 0 Å². The Morgan fingerprint density at radius 1 is 1.22 bits per heavy atom. The Morgan fingerprint density at radius 2 is 1.93 bits per heavy atom. The molecule has 0 radical (unpaired) electrons. The number of hydrogen-bond acceptors (Lipinski definition) is 7. The van der Waals surface area contributed by atoms with Gasteiger partial charge in [-0.05, 0) is 37.1 Å². The molecule has 1 aliphatic carbocycles. The zero-order valence-electron chi connectivity index (χ0n) is 15.8. The first-order valence-electron chi connectivity index (χ1n) is 9.41. The van der Waals surface area contributed by atoms with Crippen molar-refractivity contribution < 1.29 is 4.92 Å². The van der Waals surface area contributed by atoms with Crippen LogP contribution in [-0.2, 0) is 13.1 Å². The van der Waals surface area contributed by atoms with Crippen LogP contribution in [0.1, 0.15) is 37.8 Å². The smallest absolute Gasteiger partial charge is 0.329 e. The van der Waals surface area contributed by atoms with Crippen molar-refractivity contribution in [2.24, 2.45) is 0 Å². The van der Waals surface area contributed by atoms with Gasteiger partial charge in [-0.1, -0.05) is 38.1 Å². The lowest BCUT2D eigenvalue weighted by Crippen LogP contribution is -2.23. The van der Waals surface area contributed by atoms with Gasteiger partial charge in [-0.3, -0.25) is 15.0 Å². The molecule has 27 heavy (non-hydrogen) atoms. The van der Waals surface area contributed by atoms with Gasteiger partial charge in [-0.25, -0.2) is 4.98 Å². The van der Waals surface area contributed by atoms with Crippen LogP contribution in [0.3, 0.4) is 0 Å². The van der Waals surface area contributed by atoms with Gasteiger partial charge in [0, 0.05) is 19.1 Å². The fourth-order valence-electron chi connectivity index (χ4n) is 2.87. The first-order valence-corrected chi connectivity index (χ1v) is 9.41. The van der Waals surface area contributed by atoms with Crippen LogP contribution in [0.15, 0.2) is 30.5 Å². The van der Waals surface area contributed by atoms with Gasteiger partial charge in [0.15, 0.2) is 0 Å². The predicted molar refractivity (Wildman–Crippen MR) is 106 cm³/mol. The lowest BCUT2D eigenvalue weighted by Gasteiger charge is -2.20. The summed E-state index contributed by atoms with van der Waals surface area (Å²) >= 11 is 0. The summed E-state index contributed by atoms with van der Waals surface area (Å²) in [7, 11) is 0. The van der Waals surface area contributed by atoms with E-state index in [9.17, 15) is 10.1 Å². The van der Waals surface area contributed by atoms with Gasteiger partial charge in [-0.2, -0.15) is 4.98 Å². The van der Waals surface area contributed by atoms with Crippen LogP contribution in [0, 0.1) is 10.1 Å². The van der Waals surface area contributed by atoms with Crippen LogP contribution in [0.2, 0.25) is 0 Å². The van der Waals surface area contributed by atoms with E-state index in [-0.39, 0.29) is 17.5 Å². The monoisotopic (exact) mass is 370 g/mol. The normalized spacial score (nSPS) is 13.6. The first-order chi connectivity index (χ1) is 13.1. The van der Waals surface area contributed by atoms with Gasteiger partial charge in [0.1, 0.15) is 6.20 Å². The summed E-state index contributed by atoms with van der Waals surface area (Å²) in [6, 6.07) is 8.55. The molecule has 1 aliphatic rings. The maximum Gasteiger partial charge on any atom is 0.329 e. The molecule has 1 fully saturated rings. The molecule has 1 aromatic heterocycles. The molecule has 1 aromatic carbocycles. The van der Waals surface area contributed by atoms with Gasteiger partial charge in [-0.15, -0.1) is 0 Å². The minimum absolute atomic E-state index is 0.0885. The van der Waals surface area contributed by atoms with E-state index in [0.29, 0.717) is 12.5 Å². The van der Waals surface area contributed by atoms with E-state index >= 15 is 0 Å². The molecule has 0 atom stereocenters. The van der Waals surface area contributed by atoms with Crippen molar-refractivity contribution in [3.63, 3.8) is 0 Å². The van der Waals surface area contributed by atoms with Crippen molar-refractivity contribution in [1.82, 2.24) is 14.9 Å². The van der Waals surface area contributed by atoms with E-state index in [1.54, 1.807) is 0 Å². The van der Waals surface area contributed by atoms with Crippen LogP contribution in [-0.4, -0.2) is 38.9 Å². The summed E-state index contributed by atoms with van der Waals surface area (Å²) in [6.07, 6.45) is 3.30. The fourth-order valence-corrected chi connectivity index (χ4v) is 2.87. The molecule has 8 nitrogen and oxygen atoms in total. The molecule has 3 rings (SSSR count). The lowest BCUT2D eigenvalue weighted by molar-refractivity contribution is -0.384. The molecule has 0 spiro atoms. The molecule has 1 heterocycles. The van der Waals surface area contributed by atoms with E-state index in [1.165, 1.54) is 17.3 Å². The van der Waals surface area contributed by atoms with E-state index < -0.39 is 4.92 Å². The molecule has 0 unspecified atom stereocenters. The van der Waals surface area contributed by atoms with Crippen molar-refractivity contribution >= 4 is 17.5 Å². The second-order valence-corrected chi connectivity index (χ2v) is 6.69. The van der Waals surface area contributed by atoms with E-state index in [2.05, 4.69) is 51.5 Å². The largest absolute Gasteiger partial charge is 0.361 e. The number of nitrogens with one attached hydrogen (secondary N) is 2. The quantitative estimate of drug-likeness (QED) is 0.489. The second-order valence-electron chi connectivity index (χ2n) is 6.69. The third kappa shape index (κ3) is 5.13. The van der Waals surface area contributed by atoms with E-state index in [0.717, 1.165) is 32.5 Å². The highest BCUT2D eigenvalue weighted by Gasteiger charge is 2.26. The molecular weight excluding hydrogens is 344 g/mol. The minimum atomic E-state index is -0.451. The minimum Gasteiger partial charge on any atom is -0.361 e. The van der Waals surface area contributed by atoms with Crippen molar-refractivity contribution in [2.75, 3.05) is 23.7 Å². The third-order valence-electron chi connectivity index (χ3n) is 4.73. The Morgan fingerprint density at radius 3 is 2.56 bits per heavy atom. The number of nitrogens with zero attached hydrogens (tertiary/aromatic N) is 4. The Hall–Kier alpha value is -2.74. The number of benzene rings is 1. The van der Waals surface area contributed by atoms with Gasteiger partial charge >= 0.3 is 5.69 Å². The molecule has 0 bridgehead atoms. The highest BCUT2D eigenvalue weighted by molar-refractivity contribution is 5.58. The van der Waals surface area contributed by atoms with E-state index in [1.807, 2.05) is 12.1 Å². The SMILES string of the molecule is CCN(CC)Cc1ccccc1CNc1ncc([N+](=O)[O-])c(NC2CC2)n1. The first kappa shape index (κ1) is 19.0. The highest BCUT2D eigenvalue weighted by atomic mass is 16.6. The number of aromatic nitrogens is 2. The molecule has 0 saturated heterocycles. The molecule has 1 saturated carbocycles. The fraction of sp³-hybridized carbons (Fsp3) is 0.474. The van der Waals surface area contributed by atoms with Crippen LogP contribution < -0.4 is 10.6 Å². The Bertz CT molecular complexity index is 790. The number of rotatable bonds is 10. The molecule has 2 aromatic rings. The van der Waals surface area contributed by atoms with Crippen molar-refractivity contribution in [2.45, 2.75) is 45.8 Å². The molecule has 144 valence electrons. The summed E-state index contributed by atoms with van der Waals surface area (Å²) in [6.45, 7) is 7.77. The number of hydrogen-bond donors (Lipinski definition) is 2. The zero-order valence-corrected chi connectivity index (χ0v) is 15.8. The summed E-state index contributed by atoms with van der Waals surface area (Å²) < 4.78 is 0. The molecule has 2 N–H and O–H groups in total. The average molecular weight is 370 g/mol. The van der Waals surface area contributed by atoms with Crippen molar-refractivity contribution in [3.8, 4) is 0 Å².